The third kappa shape index (κ3) is 5.41. The third-order valence-electron chi connectivity index (χ3n) is 4.71. The molecule has 1 saturated heterocycles. The van der Waals surface area contributed by atoms with E-state index in [1.54, 1.807) is 49.6 Å². The predicted octanol–water partition coefficient (Wildman–Crippen LogP) is 5.47. The number of thioether (sulfide) groups is 1. The average Bonchev–Trinajstić information content (AvgIpc) is 3.19. The molecule has 0 atom stereocenters. The first-order valence-corrected chi connectivity index (χ1v) is 11.2. The van der Waals surface area contributed by atoms with E-state index < -0.39 is 5.97 Å². The number of ether oxygens (including phenoxy) is 3. The Labute approximate surface area is 205 Å². The number of para-hydroxylation sites is 1. The molecule has 0 aliphatic carbocycles. The molecule has 4 rings (SSSR count). The number of amidine groups is 1. The lowest BCUT2D eigenvalue weighted by Gasteiger charge is -2.12. The molecule has 0 saturated carbocycles. The highest BCUT2D eigenvalue weighted by Gasteiger charge is 2.24. The molecule has 1 fully saturated rings. The lowest BCUT2D eigenvalue weighted by molar-refractivity contribution is -0.115. The normalized spacial score (nSPS) is 15.3. The summed E-state index contributed by atoms with van der Waals surface area (Å²) in [4.78, 5) is 29.8. The molecule has 1 N–H and O–H groups in total. The minimum Gasteiger partial charge on any atom is -0.497 e. The Balaban J connectivity index is 1.55. The van der Waals surface area contributed by atoms with Crippen molar-refractivity contribution in [3.8, 4) is 17.2 Å². The summed E-state index contributed by atoms with van der Waals surface area (Å²) in [6.45, 7) is 0. The van der Waals surface area contributed by atoms with Gasteiger partial charge in [0.05, 0.1) is 35.4 Å². The Morgan fingerprint density at radius 3 is 2.44 bits per heavy atom. The van der Waals surface area contributed by atoms with Gasteiger partial charge in [0.25, 0.3) is 5.91 Å². The van der Waals surface area contributed by atoms with Gasteiger partial charge in [-0.05, 0) is 71.9 Å². The molecule has 1 aliphatic heterocycles. The Hall–Kier alpha value is -3.75. The number of nitrogens with one attached hydrogen (secondary N) is 1. The number of esters is 1. The van der Waals surface area contributed by atoms with E-state index in [1.165, 1.54) is 18.9 Å². The maximum atomic E-state index is 12.6. The fourth-order valence-corrected chi connectivity index (χ4v) is 4.15. The van der Waals surface area contributed by atoms with Gasteiger partial charge in [0.2, 0.25) is 0 Å². The molecule has 1 aliphatic rings. The third-order valence-corrected chi connectivity index (χ3v) is 5.90. The zero-order chi connectivity index (χ0) is 24.1. The Morgan fingerprint density at radius 2 is 1.76 bits per heavy atom. The molecule has 34 heavy (non-hydrogen) atoms. The minimum absolute atomic E-state index is 0.0852. The summed E-state index contributed by atoms with van der Waals surface area (Å²) in [5, 5.41) is 3.38. The topological polar surface area (TPSA) is 86.2 Å². The van der Waals surface area contributed by atoms with Crippen LogP contribution in [0.5, 0.6) is 17.2 Å². The van der Waals surface area contributed by atoms with Gasteiger partial charge in [0.15, 0.2) is 16.7 Å². The SMILES string of the molecule is COc1ccc(C(=O)Oc2c(Cl)cc(/C=C3\SC(=Nc4ccccc4)NC3=O)cc2OC)cc1. The number of amides is 1. The fraction of sp³-hybridized carbons (Fsp3) is 0.0800. The van der Waals surface area contributed by atoms with E-state index in [0.717, 1.165) is 5.69 Å². The molecule has 1 amide bonds. The van der Waals surface area contributed by atoms with Gasteiger partial charge < -0.3 is 19.5 Å². The van der Waals surface area contributed by atoms with E-state index >= 15 is 0 Å². The van der Waals surface area contributed by atoms with Crippen LogP contribution >= 0.6 is 23.4 Å². The number of rotatable bonds is 6. The van der Waals surface area contributed by atoms with Crippen molar-refractivity contribution in [2.24, 2.45) is 4.99 Å². The molecule has 9 heteroatoms. The number of benzene rings is 3. The van der Waals surface area contributed by atoms with Gasteiger partial charge in [0.1, 0.15) is 5.75 Å². The molecule has 0 bridgehead atoms. The van der Waals surface area contributed by atoms with Gasteiger partial charge >= 0.3 is 5.97 Å². The summed E-state index contributed by atoms with van der Waals surface area (Å²) in [6.07, 6.45) is 1.66. The van der Waals surface area contributed by atoms with Crippen molar-refractivity contribution in [2.75, 3.05) is 14.2 Å². The van der Waals surface area contributed by atoms with Crippen molar-refractivity contribution < 1.29 is 23.8 Å². The number of hydrogen-bond acceptors (Lipinski definition) is 7. The molecule has 3 aromatic carbocycles. The van der Waals surface area contributed by atoms with Gasteiger partial charge in [-0.25, -0.2) is 9.79 Å². The number of hydrogen-bond donors (Lipinski definition) is 1. The van der Waals surface area contributed by atoms with Crippen LogP contribution in [0.3, 0.4) is 0 Å². The highest BCUT2D eigenvalue weighted by molar-refractivity contribution is 8.18. The summed E-state index contributed by atoms with van der Waals surface area (Å²) in [5.41, 5.74) is 1.67. The Bertz CT molecular complexity index is 1290. The number of carbonyl (C=O) groups excluding carboxylic acids is 2. The summed E-state index contributed by atoms with van der Waals surface area (Å²) < 4.78 is 16.0. The molecule has 7 nitrogen and oxygen atoms in total. The predicted molar refractivity (Wildman–Crippen MR) is 133 cm³/mol. The van der Waals surface area contributed by atoms with Crippen LogP contribution in [0.2, 0.25) is 5.02 Å². The van der Waals surface area contributed by atoms with Crippen LogP contribution in [0.25, 0.3) is 6.08 Å². The van der Waals surface area contributed by atoms with Crippen LogP contribution in [-0.2, 0) is 4.79 Å². The standard InChI is InChI=1S/C25H19ClN2O5S/c1-31-18-10-8-16(9-11-18)24(30)33-22-19(26)12-15(13-20(22)32-2)14-21-23(29)28-25(34-21)27-17-6-4-3-5-7-17/h3-14H,1-2H3,(H,27,28,29)/b21-14-. The van der Waals surface area contributed by atoms with Gasteiger partial charge in [-0.3, -0.25) is 4.79 Å². The van der Waals surface area contributed by atoms with Crippen molar-refractivity contribution in [1.82, 2.24) is 5.32 Å². The molecule has 1 heterocycles. The fourth-order valence-electron chi connectivity index (χ4n) is 3.05. The second-order valence-electron chi connectivity index (χ2n) is 6.97. The first-order valence-electron chi connectivity index (χ1n) is 10.0. The van der Waals surface area contributed by atoms with E-state index in [4.69, 9.17) is 25.8 Å². The summed E-state index contributed by atoms with van der Waals surface area (Å²) in [5.74, 6) is 0.0892. The molecule has 0 unspecified atom stereocenters. The first-order chi connectivity index (χ1) is 16.5. The first kappa shape index (κ1) is 23.4. The Morgan fingerprint density at radius 1 is 1.03 bits per heavy atom. The van der Waals surface area contributed by atoms with E-state index in [2.05, 4.69) is 10.3 Å². The highest BCUT2D eigenvalue weighted by Crippen LogP contribution is 2.38. The number of methoxy groups -OCH3 is 2. The van der Waals surface area contributed by atoms with Gasteiger partial charge in [-0.1, -0.05) is 29.8 Å². The zero-order valence-electron chi connectivity index (χ0n) is 18.2. The molecule has 0 radical (unpaired) electrons. The highest BCUT2D eigenvalue weighted by atomic mass is 35.5. The molecular weight excluding hydrogens is 476 g/mol. The van der Waals surface area contributed by atoms with E-state index in [0.29, 0.717) is 26.9 Å². The molecule has 172 valence electrons. The number of aliphatic imine (C=N–C) groups is 1. The summed E-state index contributed by atoms with van der Waals surface area (Å²) >= 11 is 7.63. The van der Waals surface area contributed by atoms with Crippen LogP contribution in [0.15, 0.2) is 76.6 Å². The average molecular weight is 495 g/mol. The van der Waals surface area contributed by atoms with Crippen molar-refractivity contribution in [3.63, 3.8) is 0 Å². The number of nitrogens with zero attached hydrogens (tertiary/aromatic N) is 1. The monoisotopic (exact) mass is 494 g/mol. The lowest BCUT2D eigenvalue weighted by Crippen LogP contribution is -2.19. The summed E-state index contributed by atoms with van der Waals surface area (Å²) in [6, 6.07) is 19.0. The van der Waals surface area contributed by atoms with Gasteiger partial charge in [-0.15, -0.1) is 0 Å². The molecule has 0 aromatic heterocycles. The van der Waals surface area contributed by atoms with E-state index in [1.807, 2.05) is 30.3 Å². The second-order valence-corrected chi connectivity index (χ2v) is 8.41. The van der Waals surface area contributed by atoms with Crippen LogP contribution in [0, 0.1) is 0 Å². The van der Waals surface area contributed by atoms with Crippen molar-refractivity contribution in [1.29, 1.82) is 0 Å². The van der Waals surface area contributed by atoms with Crippen LogP contribution < -0.4 is 19.5 Å². The largest absolute Gasteiger partial charge is 0.497 e. The van der Waals surface area contributed by atoms with E-state index in [9.17, 15) is 9.59 Å². The number of halogens is 1. The zero-order valence-corrected chi connectivity index (χ0v) is 19.8. The lowest BCUT2D eigenvalue weighted by atomic mass is 10.1. The van der Waals surface area contributed by atoms with Crippen molar-refractivity contribution in [3.05, 3.63) is 87.8 Å². The smallest absolute Gasteiger partial charge is 0.343 e. The summed E-state index contributed by atoms with van der Waals surface area (Å²) in [7, 11) is 2.98. The van der Waals surface area contributed by atoms with Crippen molar-refractivity contribution >= 4 is 52.2 Å². The second kappa shape index (κ2) is 10.5. The number of carbonyl (C=O) groups is 2. The van der Waals surface area contributed by atoms with Gasteiger partial charge in [0, 0.05) is 0 Å². The van der Waals surface area contributed by atoms with Gasteiger partial charge in [-0.2, -0.15) is 0 Å². The van der Waals surface area contributed by atoms with Crippen LogP contribution in [0.1, 0.15) is 15.9 Å². The van der Waals surface area contributed by atoms with E-state index in [-0.39, 0.29) is 22.4 Å². The van der Waals surface area contributed by atoms with Crippen molar-refractivity contribution in [2.45, 2.75) is 0 Å². The maximum Gasteiger partial charge on any atom is 0.343 e. The van der Waals surface area contributed by atoms with Crippen LogP contribution in [0.4, 0.5) is 5.69 Å². The van der Waals surface area contributed by atoms with Crippen LogP contribution in [-0.4, -0.2) is 31.3 Å². The molecular formula is C25H19ClN2O5S. The quantitative estimate of drug-likeness (QED) is 0.278. The molecule has 0 spiro atoms. The Kier molecular flexibility index (Phi) is 7.20. The maximum absolute atomic E-state index is 12.6. The molecule has 3 aromatic rings. The minimum atomic E-state index is -0.596.